The molecule has 0 radical (unpaired) electrons. The van der Waals surface area contributed by atoms with Crippen LogP contribution in [0, 0.1) is 11.8 Å². The van der Waals surface area contributed by atoms with E-state index in [1.807, 2.05) is 30.3 Å². The molecule has 1 aromatic carbocycles. The molecule has 0 aliphatic carbocycles. The average Bonchev–Trinajstić information content (AvgIpc) is 3.05. The number of aromatic nitrogens is 3. The molecule has 1 aliphatic rings. The van der Waals surface area contributed by atoms with Crippen LogP contribution in [0.2, 0.25) is 0 Å². The minimum absolute atomic E-state index is 0.113. The van der Waals surface area contributed by atoms with Gasteiger partial charge in [-0.3, -0.25) is 4.79 Å². The van der Waals surface area contributed by atoms with Gasteiger partial charge < -0.3 is 15.9 Å². The predicted molar refractivity (Wildman–Crippen MR) is 99.8 cm³/mol. The van der Waals surface area contributed by atoms with Gasteiger partial charge in [-0.2, -0.15) is 0 Å². The Balaban J connectivity index is 1.44. The monoisotopic (exact) mass is 371 g/mol. The molecule has 3 N–H and O–H groups in total. The zero-order chi connectivity index (χ0) is 18.2. The Hall–Kier alpha value is -2.50. The van der Waals surface area contributed by atoms with Crippen LogP contribution in [-0.4, -0.2) is 39.7 Å². The normalized spacial score (nSPS) is 16.5. The molecular weight excluding hydrogens is 350 g/mol. The summed E-state index contributed by atoms with van der Waals surface area (Å²) in [5.41, 5.74) is 0.921. The molecule has 3 rings (SSSR count). The van der Waals surface area contributed by atoms with E-state index in [-0.39, 0.29) is 17.8 Å². The number of carbonyl (C=O) groups excluding carboxylic acids is 1. The summed E-state index contributed by atoms with van der Waals surface area (Å²) in [6.07, 6.45) is 2.93. The Morgan fingerprint density at radius 1 is 1.35 bits per heavy atom. The smallest absolute Gasteiger partial charge is 0.231 e. The number of amides is 1. The van der Waals surface area contributed by atoms with Crippen molar-refractivity contribution in [2.75, 3.05) is 24.7 Å². The van der Waals surface area contributed by atoms with E-state index in [9.17, 15) is 4.79 Å². The molecule has 1 saturated heterocycles. The van der Waals surface area contributed by atoms with Crippen molar-refractivity contribution in [1.29, 1.82) is 0 Å². The van der Waals surface area contributed by atoms with E-state index in [0.717, 1.165) is 24.8 Å². The first-order chi connectivity index (χ1) is 12.7. The Morgan fingerprint density at radius 3 is 2.96 bits per heavy atom. The van der Waals surface area contributed by atoms with Crippen LogP contribution in [-0.2, 0) is 9.53 Å². The quantitative estimate of drug-likeness (QED) is 0.470. The second-order valence-corrected chi connectivity index (χ2v) is 6.74. The van der Waals surface area contributed by atoms with Gasteiger partial charge in [-0.05, 0) is 31.4 Å². The molecular formula is C18H21N5O2S. The van der Waals surface area contributed by atoms with Gasteiger partial charge in [-0.1, -0.05) is 41.8 Å². The number of rotatable bonds is 5. The van der Waals surface area contributed by atoms with Crippen LogP contribution < -0.4 is 11.2 Å². The highest BCUT2D eigenvalue weighted by Crippen LogP contribution is 2.27. The molecule has 2 heterocycles. The van der Waals surface area contributed by atoms with Crippen molar-refractivity contribution >= 4 is 17.7 Å². The Kier molecular flexibility index (Phi) is 6.52. The van der Waals surface area contributed by atoms with Gasteiger partial charge in [-0.25, -0.2) is 4.68 Å². The summed E-state index contributed by atoms with van der Waals surface area (Å²) in [4.78, 5) is 11.9. The van der Waals surface area contributed by atoms with E-state index in [4.69, 9.17) is 10.6 Å². The van der Waals surface area contributed by atoms with Crippen LogP contribution >= 0.6 is 11.8 Å². The fourth-order valence-corrected chi connectivity index (χ4v) is 3.24. The standard InChI is InChI=1S/C18H21N5O2S/c19-23-17(15-10-4-5-12-25-15)21-22-18(23)26-13-16(24)20-11-6-9-14-7-2-1-3-8-14/h1-3,7-8,15H,4-5,10-13,19H2,(H,20,24). The highest BCUT2D eigenvalue weighted by Gasteiger charge is 2.23. The van der Waals surface area contributed by atoms with Crippen LogP contribution in [0.1, 0.15) is 36.8 Å². The van der Waals surface area contributed by atoms with Crippen molar-refractivity contribution in [3.8, 4) is 11.8 Å². The molecule has 1 unspecified atom stereocenters. The molecule has 0 bridgehead atoms. The molecule has 0 spiro atoms. The average molecular weight is 371 g/mol. The predicted octanol–water partition coefficient (Wildman–Crippen LogP) is 1.49. The van der Waals surface area contributed by atoms with E-state index in [1.54, 1.807) is 0 Å². The number of hydrogen-bond donors (Lipinski definition) is 2. The van der Waals surface area contributed by atoms with Crippen molar-refractivity contribution in [2.45, 2.75) is 30.5 Å². The number of nitrogens with two attached hydrogens (primary N) is 1. The summed E-state index contributed by atoms with van der Waals surface area (Å²) < 4.78 is 7.10. The molecule has 1 fully saturated rings. The summed E-state index contributed by atoms with van der Waals surface area (Å²) in [5, 5.41) is 11.4. The maximum atomic E-state index is 11.9. The third-order valence-electron chi connectivity index (χ3n) is 3.87. The molecule has 136 valence electrons. The first-order valence-electron chi connectivity index (χ1n) is 8.49. The molecule has 2 aromatic rings. The first kappa shape index (κ1) is 18.3. The van der Waals surface area contributed by atoms with Crippen molar-refractivity contribution in [2.24, 2.45) is 0 Å². The van der Waals surface area contributed by atoms with E-state index >= 15 is 0 Å². The number of thioether (sulfide) groups is 1. The number of nitrogens with zero attached hydrogens (tertiary/aromatic N) is 3. The molecule has 7 nitrogen and oxygen atoms in total. The lowest BCUT2D eigenvalue weighted by molar-refractivity contribution is -0.118. The van der Waals surface area contributed by atoms with Crippen LogP contribution in [0.5, 0.6) is 0 Å². The van der Waals surface area contributed by atoms with E-state index in [0.29, 0.717) is 24.1 Å². The lowest BCUT2D eigenvalue weighted by Gasteiger charge is -2.21. The number of nitrogen functional groups attached to an aromatic ring is 1. The Bertz CT molecular complexity index is 791. The third-order valence-corrected chi connectivity index (χ3v) is 4.81. The van der Waals surface area contributed by atoms with Crippen molar-refractivity contribution in [1.82, 2.24) is 20.2 Å². The number of benzene rings is 1. The van der Waals surface area contributed by atoms with Crippen LogP contribution in [0.3, 0.4) is 0 Å². The molecule has 0 saturated carbocycles. The summed E-state index contributed by atoms with van der Waals surface area (Å²) in [7, 11) is 0. The van der Waals surface area contributed by atoms with Crippen LogP contribution in [0.15, 0.2) is 35.5 Å². The number of ether oxygens (including phenoxy) is 1. The highest BCUT2D eigenvalue weighted by atomic mass is 32.2. The van der Waals surface area contributed by atoms with Gasteiger partial charge in [0.05, 0.1) is 12.3 Å². The molecule has 1 amide bonds. The van der Waals surface area contributed by atoms with Gasteiger partial charge in [0.2, 0.25) is 11.1 Å². The minimum atomic E-state index is -0.129. The van der Waals surface area contributed by atoms with Crippen LogP contribution in [0.25, 0.3) is 0 Å². The fraction of sp³-hybridized carbons (Fsp3) is 0.389. The summed E-state index contributed by atoms with van der Waals surface area (Å²) in [5.74, 6) is 12.6. The maximum absolute atomic E-state index is 11.9. The highest BCUT2D eigenvalue weighted by molar-refractivity contribution is 7.99. The lowest BCUT2D eigenvalue weighted by Crippen LogP contribution is -2.26. The lowest BCUT2D eigenvalue weighted by atomic mass is 10.1. The molecule has 1 aromatic heterocycles. The summed E-state index contributed by atoms with van der Waals surface area (Å²) >= 11 is 1.24. The topological polar surface area (TPSA) is 95.1 Å². The first-order valence-corrected chi connectivity index (χ1v) is 9.48. The van der Waals surface area contributed by atoms with E-state index < -0.39 is 0 Å². The van der Waals surface area contributed by atoms with E-state index in [2.05, 4.69) is 27.4 Å². The van der Waals surface area contributed by atoms with Gasteiger partial charge in [0.1, 0.15) is 6.10 Å². The Labute approximate surface area is 156 Å². The zero-order valence-electron chi connectivity index (χ0n) is 14.4. The minimum Gasteiger partial charge on any atom is -0.370 e. The Morgan fingerprint density at radius 2 is 2.19 bits per heavy atom. The molecule has 26 heavy (non-hydrogen) atoms. The van der Waals surface area contributed by atoms with Gasteiger partial charge >= 0.3 is 0 Å². The second-order valence-electron chi connectivity index (χ2n) is 5.80. The number of carbonyl (C=O) groups is 1. The summed E-state index contributed by atoms with van der Waals surface area (Å²) in [6.45, 7) is 1.01. The maximum Gasteiger partial charge on any atom is 0.231 e. The third kappa shape index (κ3) is 5.00. The van der Waals surface area contributed by atoms with Crippen molar-refractivity contribution in [3.63, 3.8) is 0 Å². The van der Waals surface area contributed by atoms with Crippen LogP contribution in [0.4, 0.5) is 0 Å². The zero-order valence-corrected chi connectivity index (χ0v) is 15.2. The van der Waals surface area contributed by atoms with Crippen molar-refractivity contribution < 1.29 is 9.53 Å². The SMILES string of the molecule is Nn1c(SCC(=O)NCC#Cc2ccccc2)nnc1C1CCCCO1. The number of nitrogens with one attached hydrogen (secondary N) is 1. The van der Waals surface area contributed by atoms with Gasteiger partial charge in [0.25, 0.3) is 0 Å². The largest absolute Gasteiger partial charge is 0.370 e. The molecule has 1 aliphatic heterocycles. The van der Waals surface area contributed by atoms with Crippen molar-refractivity contribution in [3.05, 3.63) is 41.7 Å². The van der Waals surface area contributed by atoms with Gasteiger partial charge in [-0.15, -0.1) is 10.2 Å². The number of hydrogen-bond acceptors (Lipinski definition) is 6. The summed E-state index contributed by atoms with van der Waals surface area (Å²) in [6, 6.07) is 9.63. The molecule has 8 heteroatoms. The van der Waals surface area contributed by atoms with Gasteiger partial charge in [0, 0.05) is 12.2 Å². The molecule has 1 atom stereocenters. The van der Waals surface area contributed by atoms with Gasteiger partial charge in [0.15, 0.2) is 5.82 Å². The fourth-order valence-electron chi connectivity index (χ4n) is 2.54. The van der Waals surface area contributed by atoms with E-state index in [1.165, 1.54) is 16.4 Å². The second kappa shape index (κ2) is 9.27.